The van der Waals surface area contributed by atoms with Gasteiger partial charge in [0.25, 0.3) is 11.8 Å². The number of methoxy groups -OCH3 is 2. The number of halogens is 1. The minimum Gasteiger partial charge on any atom is -0.493 e. The molecule has 0 saturated heterocycles. The minimum absolute atomic E-state index is 0.169. The first-order valence-electron chi connectivity index (χ1n) is 10.4. The zero-order valence-corrected chi connectivity index (χ0v) is 21.2. The summed E-state index contributed by atoms with van der Waals surface area (Å²) in [6, 6.07) is 16.3. The summed E-state index contributed by atoms with van der Waals surface area (Å²) in [6.07, 6.45) is 1.66. The van der Waals surface area contributed by atoms with Crippen molar-refractivity contribution in [3.05, 3.63) is 86.7 Å². The quantitative estimate of drug-likeness (QED) is 0.269. The van der Waals surface area contributed by atoms with Gasteiger partial charge in [-0.25, -0.2) is 0 Å². The van der Waals surface area contributed by atoms with Crippen LogP contribution in [0.15, 0.2) is 65.7 Å². The van der Waals surface area contributed by atoms with Crippen LogP contribution in [-0.2, 0) is 10.5 Å². The van der Waals surface area contributed by atoms with E-state index >= 15 is 0 Å². The molecule has 3 aromatic rings. The van der Waals surface area contributed by atoms with E-state index in [9.17, 15) is 9.59 Å². The number of carbonyl (C=O) groups is 2. The highest BCUT2D eigenvalue weighted by molar-refractivity contribution is 7.98. The zero-order valence-electron chi connectivity index (χ0n) is 18.8. The number of carbonyl (C=O) groups excluding carboxylic acids is 2. The lowest BCUT2D eigenvalue weighted by Gasteiger charge is -2.12. The van der Waals surface area contributed by atoms with E-state index in [0.717, 1.165) is 16.2 Å². The fourth-order valence-corrected chi connectivity index (χ4v) is 4.67. The van der Waals surface area contributed by atoms with Crippen molar-refractivity contribution in [1.82, 2.24) is 10.6 Å². The van der Waals surface area contributed by atoms with Crippen molar-refractivity contribution in [1.29, 1.82) is 0 Å². The second-order valence-electron chi connectivity index (χ2n) is 7.04. The highest BCUT2D eigenvalue weighted by Gasteiger charge is 2.16. The van der Waals surface area contributed by atoms with Crippen molar-refractivity contribution in [2.24, 2.45) is 0 Å². The molecule has 0 fully saturated rings. The topological polar surface area (TPSA) is 76.7 Å². The summed E-state index contributed by atoms with van der Waals surface area (Å²) < 4.78 is 10.5. The predicted octanol–water partition coefficient (Wildman–Crippen LogP) is 5.24. The van der Waals surface area contributed by atoms with E-state index in [2.05, 4.69) is 10.6 Å². The third kappa shape index (κ3) is 7.55. The van der Waals surface area contributed by atoms with Crippen molar-refractivity contribution in [2.75, 3.05) is 26.5 Å². The molecule has 0 bridgehead atoms. The number of amides is 2. The van der Waals surface area contributed by atoms with Crippen molar-refractivity contribution in [3.8, 4) is 11.5 Å². The Morgan fingerprint density at radius 2 is 1.88 bits per heavy atom. The average molecular weight is 517 g/mol. The zero-order chi connectivity index (χ0) is 24.3. The normalized spacial score (nSPS) is 11.1. The molecule has 0 unspecified atom stereocenters. The molecule has 2 amide bonds. The minimum atomic E-state index is -0.422. The number of thiophene rings is 1. The SMILES string of the molecule is COc1ccc(C(=O)N/C(=C\c2cccs2)C(=O)NCCSCc2cccc(Cl)c2)cc1OC. The number of thioether (sulfide) groups is 1. The summed E-state index contributed by atoms with van der Waals surface area (Å²) in [5, 5.41) is 8.23. The van der Waals surface area contributed by atoms with E-state index in [1.165, 1.54) is 25.6 Å². The van der Waals surface area contributed by atoms with Gasteiger partial charge < -0.3 is 20.1 Å². The maximum Gasteiger partial charge on any atom is 0.267 e. The number of nitrogens with one attached hydrogen (secondary N) is 2. The van der Waals surface area contributed by atoms with Crippen LogP contribution in [-0.4, -0.2) is 38.3 Å². The molecule has 0 spiro atoms. The summed E-state index contributed by atoms with van der Waals surface area (Å²) in [7, 11) is 3.02. The molecule has 0 aliphatic rings. The van der Waals surface area contributed by atoms with Gasteiger partial charge >= 0.3 is 0 Å². The first-order valence-corrected chi connectivity index (χ1v) is 12.8. The molecule has 0 aliphatic carbocycles. The van der Waals surface area contributed by atoms with Crippen molar-refractivity contribution >= 4 is 52.6 Å². The lowest BCUT2D eigenvalue weighted by atomic mass is 10.1. The molecule has 2 aromatic carbocycles. The van der Waals surface area contributed by atoms with Gasteiger partial charge in [0.1, 0.15) is 5.70 Å². The Labute approximate surface area is 212 Å². The molecule has 0 radical (unpaired) electrons. The highest BCUT2D eigenvalue weighted by atomic mass is 35.5. The summed E-state index contributed by atoms with van der Waals surface area (Å²) in [6.45, 7) is 0.456. The van der Waals surface area contributed by atoms with Gasteiger partial charge in [-0.05, 0) is 53.4 Å². The molecular weight excluding hydrogens is 492 g/mol. The number of rotatable bonds is 11. The molecule has 0 atom stereocenters. The largest absolute Gasteiger partial charge is 0.493 e. The van der Waals surface area contributed by atoms with Crippen LogP contribution in [0.2, 0.25) is 5.02 Å². The number of hydrogen-bond acceptors (Lipinski definition) is 6. The van der Waals surface area contributed by atoms with Crippen LogP contribution in [0.5, 0.6) is 11.5 Å². The first kappa shape index (κ1) is 25.7. The van der Waals surface area contributed by atoms with Crippen molar-refractivity contribution in [3.63, 3.8) is 0 Å². The maximum absolute atomic E-state index is 12.9. The van der Waals surface area contributed by atoms with Crippen LogP contribution in [0.4, 0.5) is 0 Å². The number of benzene rings is 2. The van der Waals surface area contributed by atoms with Gasteiger partial charge in [0.05, 0.1) is 14.2 Å². The Balaban J connectivity index is 1.61. The van der Waals surface area contributed by atoms with Gasteiger partial charge in [-0.3, -0.25) is 9.59 Å². The van der Waals surface area contributed by atoms with Gasteiger partial charge in [0.2, 0.25) is 0 Å². The molecule has 1 heterocycles. The van der Waals surface area contributed by atoms with Gasteiger partial charge in [0.15, 0.2) is 11.5 Å². The van der Waals surface area contributed by atoms with Crippen LogP contribution in [0.25, 0.3) is 6.08 Å². The Morgan fingerprint density at radius 3 is 2.59 bits per heavy atom. The lowest BCUT2D eigenvalue weighted by Crippen LogP contribution is -2.35. The Morgan fingerprint density at radius 1 is 1.06 bits per heavy atom. The first-order chi connectivity index (χ1) is 16.5. The molecule has 0 aliphatic heterocycles. The maximum atomic E-state index is 12.9. The molecule has 0 saturated carbocycles. The molecule has 2 N–H and O–H groups in total. The lowest BCUT2D eigenvalue weighted by molar-refractivity contribution is -0.117. The van der Waals surface area contributed by atoms with E-state index in [0.29, 0.717) is 34.4 Å². The molecule has 34 heavy (non-hydrogen) atoms. The van der Waals surface area contributed by atoms with E-state index in [4.69, 9.17) is 21.1 Å². The van der Waals surface area contributed by atoms with Crippen LogP contribution in [0.3, 0.4) is 0 Å². The summed E-state index contributed by atoms with van der Waals surface area (Å²) in [5.74, 6) is 1.68. The fraction of sp³-hybridized carbons (Fsp3) is 0.200. The Kier molecular flexibility index (Phi) is 9.88. The number of ether oxygens (including phenoxy) is 2. The average Bonchev–Trinajstić information content (AvgIpc) is 3.36. The Bertz CT molecular complexity index is 1150. The summed E-state index contributed by atoms with van der Waals surface area (Å²) >= 11 is 9.18. The van der Waals surface area contributed by atoms with E-state index in [1.807, 2.05) is 41.8 Å². The van der Waals surface area contributed by atoms with Crippen molar-refractivity contribution in [2.45, 2.75) is 5.75 Å². The van der Waals surface area contributed by atoms with Crippen LogP contribution < -0.4 is 20.1 Å². The summed E-state index contributed by atoms with van der Waals surface area (Å²) in [4.78, 5) is 26.6. The second-order valence-corrected chi connectivity index (χ2v) is 9.56. The van der Waals surface area contributed by atoms with Gasteiger partial charge in [-0.2, -0.15) is 11.8 Å². The second kappa shape index (κ2) is 13.1. The van der Waals surface area contributed by atoms with Gasteiger partial charge in [0, 0.05) is 33.5 Å². The molecule has 178 valence electrons. The summed E-state index contributed by atoms with van der Waals surface area (Å²) in [5.41, 5.74) is 1.64. The smallest absolute Gasteiger partial charge is 0.267 e. The highest BCUT2D eigenvalue weighted by Crippen LogP contribution is 2.27. The van der Waals surface area contributed by atoms with Gasteiger partial charge in [-0.1, -0.05) is 29.8 Å². The van der Waals surface area contributed by atoms with E-state index in [-0.39, 0.29) is 11.6 Å². The van der Waals surface area contributed by atoms with Crippen LogP contribution >= 0.6 is 34.7 Å². The molecule has 6 nitrogen and oxygen atoms in total. The van der Waals surface area contributed by atoms with Crippen LogP contribution in [0, 0.1) is 0 Å². The van der Waals surface area contributed by atoms with E-state index < -0.39 is 5.91 Å². The molecule has 1 aromatic heterocycles. The Hall–Kier alpha value is -2.94. The fourth-order valence-electron chi connectivity index (χ4n) is 2.99. The number of hydrogen-bond donors (Lipinski definition) is 2. The third-order valence-corrected chi connectivity index (χ3v) is 6.74. The predicted molar refractivity (Wildman–Crippen MR) is 140 cm³/mol. The molecular formula is C25H25ClN2O4S2. The van der Waals surface area contributed by atoms with Crippen LogP contribution in [0.1, 0.15) is 20.8 Å². The molecule has 9 heteroatoms. The standard InChI is InChI=1S/C25H25ClN2O4S2/c1-31-22-9-8-18(14-23(22)32-2)24(29)28-21(15-20-7-4-11-34-20)25(30)27-10-12-33-16-17-5-3-6-19(26)13-17/h3-9,11,13-15H,10,12,16H2,1-2H3,(H,27,30)(H,28,29)/b21-15-. The van der Waals surface area contributed by atoms with Crippen molar-refractivity contribution < 1.29 is 19.1 Å². The van der Waals surface area contributed by atoms with Gasteiger partial charge in [-0.15, -0.1) is 11.3 Å². The third-order valence-electron chi connectivity index (χ3n) is 4.66. The monoisotopic (exact) mass is 516 g/mol. The van der Waals surface area contributed by atoms with E-state index in [1.54, 1.807) is 36.0 Å². The molecule has 3 rings (SSSR count).